The second kappa shape index (κ2) is 13.3. The highest BCUT2D eigenvalue weighted by atomic mass is 32.2. The number of nitrogens with one attached hydrogen (secondary N) is 2. The highest BCUT2D eigenvalue weighted by molar-refractivity contribution is 7.89. The lowest BCUT2D eigenvalue weighted by Crippen LogP contribution is -2.43. The van der Waals surface area contributed by atoms with Gasteiger partial charge in [-0.3, -0.25) is 4.79 Å². The number of ether oxygens (including phenoxy) is 2. The average Bonchev–Trinajstić information content (AvgIpc) is 3.28. The van der Waals surface area contributed by atoms with Gasteiger partial charge in [-0.1, -0.05) is 38.2 Å². The molecule has 2 N–H and O–H groups in total. The summed E-state index contributed by atoms with van der Waals surface area (Å²) in [5.74, 6) is 0.266. The number of methoxy groups -OCH3 is 1. The number of alkyl halides is 3. The summed E-state index contributed by atoms with van der Waals surface area (Å²) >= 11 is 0. The molecule has 2 fully saturated rings. The van der Waals surface area contributed by atoms with E-state index in [2.05, 4.69) is 5.32 Å². The first-order valence-corrected chi connectivity index (χ1v) is 16.5. The van der Waals surface area contributed by atoms with Gasteiger partial charge in [0, 0.05) is 50.2 Å². The number of nitrogens with zero attached hydrogens (tertiary/aromatic N) is 1. The number of sulfonamides is 1. The van der Waals surface area contributed by atoms with Crippen molar-refractivity contribution in [2.24, 2.45) is 13.0 Å². The summed E-state index contributed by atoms with van der Waals surface area (Å²) < 4.78 is 81.1. The minimum absolute atomic E-state index is 0.0200. The number of rotatable bonds is 10. The number of halogens is 3. The van der Waals surface area contributed by atoms with E-state index in [4.69, 9.17) is 9.47 Å². The fraction of sp³-hybridized carbons (Fsp3) is 0.645. The van der Waals surface area contributed by atoms with E-state index < -0.39 is 27.8 Å². The van der Waals surface area contributed by atoms with Gasteiger partial charge in [-0.2, -0.15) is 17.9 Å². The molecule has 1 aliphatic heterocycles. The Bertz CT molecular complexity index is 1390. The van der Waals surface area contributed by atoms with Gasteiger partial charge in [-0.15, -0.1) is 0 Å². The van der Waals surface area contributed by atoms with Crippen molar-refractivity contribution in [2.75, 3.05) is 20.3 Å². The van der Waals surface area contributed by atoms with Crippen LogP contribution >= 0.6 is 0 Å². The van der Waals surface area contributed by atoms with E-state index in [1.165, 1.54) is 19.6 Å². The molecule has 1 amide bonds. The van der Waals surface area contributed by atoms with Gasteiger partial charge in [0.15, 0.2) is 0 Å². The Kier molecular flexibility index (Phi) is 10.4. The van der Waals surface area contributed by atoms with E-state index in [1.807, 2.05) is 17.7 Å². The van der Waals surface area contributed by atoms with Crippen LogP contribution in [0.25, 0.3) is 11.1 Å². The van der Waals surface area contributed by atoms with Crippen molar-refractivity contribution >= 4 is 15.9 Å². The second-order valence-electron chi connectivity index (χ2n) is 12.3. The zero-order chi connectivity index (χ0) is 31.6. The fourth-order valence-corrected chi connectivity index (χ4v) is 7.57. The maximum absolute atomic E-state index is 13.5. The summed E-state index contributed by atoms with van der Waals surface area (Å²) in [4.78, 5) is 13.2. The minimum atomic E-state index is -4.75. The number of carbonyl (C=O) groups is 1. The third-order valence-electron chi connectivity index (χ3n) is 8.92. The van der Waals surface area contributed by atoms with Crippen molar-refractivity contribution in [3.05, 3.63) is 41.2 Å². The molecular weight excluding hydrogens is 583 g/mol. The van der Waals surface area contributed by atoms with Crippen molar-refractivity contribution in [2.45, 2.75) is 101 Å². The summed E-state index contributed by atoms with van der Waals surface area (Å²) in [5.41, 5.74) is 1.98. The SMILES string of the molecule is COC(C)(C)c1cc(-c2cc(C(=O)NC3CCOCC3)n(C)c2CC2CCCCC2)ccc1S(=O)(=O)NC(C)C(F)(F)F. The van der Waals surface area contributed by atoms with Crippen LogP contribution in [0.1, 0.15) is 87.5 Å². The van der Waals surface area contributed by atoms with Crippen LogP contribution in [0.5, 0.6) is 0 Å². The molecule has 1 aliphatic carbocycles. The number of hydrogen-bond donors (Lipinski definition) is 2. The van der Waals surface area contributed by atoms with E-state index in [9.17, 15) is 26.4 Å². The third kappa shape index (κ3) is 7.82. The van der Waals surface area contributed by atoms with E-state index in [0.29, 0.717) is 30.4 Å². The summed E-state index contributed by atoms with van der Waals surface area (Å²) in [7, 11) is -1.26. The van der Waals surface area contributed by atoms with Crippen LogP contribution < -0.4 is 10.0 Å². The molecule has 12 heteroatoms. The molecule has 0 bridgehead atoms. The molecule has 1 unspecified atom stereocenters. The van der Waals surface area contributed by atoms with Crippen molar-refractivity contribution in [1.82, 2.24) is 14.6 Å². The lowest BCUT2D eigenvalue weighted by molar-refractivity contribution is -0.147. The van der Waals surface area contributed by atoms with Crippen LogP contribution in [-0.2, 0) is 38.6 Å². The van der Waals surface area contributed by atoms with E-state index in [0.717, 1.165) is 63.1 Å². The molecule has 1 atom stereocenters. The highest BCUT2D eigenvalue weighted by Gasteiger charge is 2.40. The van der Waals surface area contributed by atoms with E-state index >= 15 is 0 Å². The van der Waals surface area contributed by atoms with Crippen molar-refractivity contribution in [3.8, 4) is 11.1 Å². The Morgan fingerprint density at radius 3 is 2.35 bits per heavy atom. The summed E-state index contributed by atoms with van der Waals surface area (Å²) in [5, 5.41) is 3.14. The zero-order valence-electron chi connectivity index (χ0n) is 25.6. The molecule has 0 spiro atoms. The largest absolute Gasteiger partial charge is 0.404 e. The van der Waals surface area contributed by atoms with Crippen LogP contribution in [-0.4, -0.2) is 57.5 Å². The molecule has 2 heterocycles. The van der Waals surface area contributed by atoms with Crippen LogP contribution in [0.15, 0.2) is 29.2 Å². The first kappa shape index (κ1) is 33.5. The predicted molar refractivity (Wildman–Crippen MR) is 158 cm³/mol. The minimum Gasteiger partial charge on any atom is -0.381 e. The lowest BCUT2D eigenvalue weighted by Gasteiger charge is -2.28. The third-order valence-corrected chi connectivity index (χ3v) is 10.5. The quantitative estimate of drug-likeness (QED) is 0.345. The standard InChI is InChI=1S/C31H44F3N3O5S/c1-20(31(32,33)34)36-43(39,40)28-12-11-22(18-25(28)30(2,3)41-5)24-19-27(29(38)35-23-13-15-42-16-14-23)37(4)26(24)17-21-9-7-6-8-10-21/h11-12,18-21,23,36H,6-10,13-17H2,1-5H3,(H,35,38). The molecule has 4 rings (SSSR count). The number of hydrogen-bond acceptors (Lipinski definition) is 5. The van der Waals surface area contributed by atoms with E-state index in [1.54, 1.807) is 30.7 Å². The van der Waals surface area contributed by atoms with Crippen LogP contribution in [0.2, 0.25) is 0 Å². The molecule has 0 radical (unpaired) electrons. The summed E-state index contributed by atoms with van der Waals surface area (Å²) in [6, 6.07) is 4.17. The molecule has 8 nitrogen and oxygen atoms in total. The Morgan fingerprint density at radius 2 is 1.74 bits per heavy atom. The topological polar surface area (TPSA) is 98.7 Å². The number of carbonyl (C=O) groups excluding carboxylic acids is 1. The number of amides is 1. The molecule has 1 aromatic heterocycles. The van der Waals surface area contributed by atoms with Gasteiger partial charge in [0.2, 0.25) is 10.0 Å². The maximum Gasteiger partial charge on any atom is 0.404 e. The fourth-order valence-electron chi connectivity index (χ4n) is 6.00. The average molecular weight is 628 g/mol. The van der Waals surface area contributed by atoms with Crippen molar-refractivity contribution < 1.29 is 35.9 Å². The number of benzene rings is 1. The lowest BCUT2D eigenvalue weighted by atomic mass is 9.84. The Balaban J connectivity index is 1.80. The second-order valence-corrected chi connectivity index (χ2v) is 14.0. The molecule has 2 aliphatic rings. The van der Waals surface area contributed by atoms with Crippen molar-refractivity contribution in [1.29, 1.82) is 0 Å². The first-order chi connectivity index (χ1) is 20.1. The first-order valence-electron chi connectivity index (χ1n) is 15.0. The molecule has 43 heavy (non-hydrogen) atoms. The highest BCUT2D eigenvalue weighted by Crippen LogP contribution is 2.38. The maximum atomic E-state index is 13.5. The Labute approximate surface area is 252 Å². The van der Waals surface area contributed by atoms with Gasteiger partial charge in [0.25, 0.3) is 5.91 Å². The van der Waals surface area contributed by atoms with Crippen LogP contribution in [0.4, 0.5) is 13.2 Å². The van der Waals surface area contributed by atoms with E-state index in [-0.39, 0.29) is 22.4 Å². The van der Waals surface area contributed by atoms with Crippen molar-refractivity contribution in [3.63, 3.8) is 0 Å². The van der Waals surface area contributed by atoms with Gasteiger partial charge >= 0.3 is 6.18 Å². The Hall–Kier alpha value is -2.41. The Morgan fingerprint density at radius 1 is 1.09 bits per heavy atom. The molecule has 1 aromatic carbocycles. The van der Waals surface area contributed by atoms with Gasteiger partial charge in [0.05, 0.1) is 10.5 Å². The molecule has 2 aromatic rings. The molecule has 1 saturated carbocycles. The van der Waals surface area contributed by atoms with Gasteiger partial charge < -0.3 is 19.4 Å². The van der Waals surface area contributed by atoms with Crippen LogP contribution in [0.3, 0.4) is 0 Å². The van der Waals surface area contributed by atoms with Gasteiger partial charge in [0.1, 0.15) is 11.7 Å². The van der Waals surface area contributed by atoms with Crippen LogP contribution in [0, 0.1) is 5.92 Å². The molecular formula is C31H44F3N3O5S. The molecule has 240 valence electrons. The van der Waals surface area contributed by atoms with Gasteiger partial charge in [-0.25, -0.2) is 8.42 Å². The zero-order valence-corrected chi connectivity index (χ0v) is 26.5. The van der Waals surface area contributed by atoms with Gasteiger partial charge in [-0.05, 0) is 69.7 Å². The predicted octanol–water partition coefficient (Wildman–Crippen LogP) is 5.83. The summed E-state index contributed by atoms with van der Waals surface area (Å²) in [6.07, 6.45) is 3.20. The normalized spacial score (nSPS) is 18.5. The smallest absolute Gasteiger partial charge is 0.381 e. The molecule has 1 saturated heterocycles. The monoisotopic (exact) mass is 627 g/mol. The summed E-state index contributed by atoms with van der Waals surface area (Å²) in [6.45, 7) is 5.29. The number of aromatic nitrogens is 1.